The molecule has 4 rings (SSSR count). The highest BCUT2D eigenvalue weighted by Crippen LogP contribution is 2.30. The molecule has 0 unspecified atom stereocenters. The minimum atomic E-state index is -0.429. The maximum absolute atomic E-state index is 12.5. The lowest BCUT2D eigenvalue weighted by Gasteiger charge is -2.10. The first-order valence-corrected chi connectivity index (χ1v) is 10.6. The lowest BCUT2D eigenvalue weighted by Crippen LogP contribution is -2.20. The normalized spacial score (nSPS) is 16.2. The minimum Gasteiger partial charge on any atom is -0.453 e. The van der Waals surface area contributed by atoms with Crippen molar-refractivity contribution >= 4 is 34.7 Å². The number of carbonyl (C=O) groups is 3. The van der Waals surface area contributed by atoms with Crippen LogP contribution in [0.5, 0.6) is 0 Å². The Bertz CT molecular complexity index is 921. The van der Waals surface area contributed by atoms with E-state index in [-0.39, 0.29) is 18.3 Å². The van der Waals surface area contributed by atoms with Gasteiger partial charge in [0.15, 0.2) is 12.4 Å². The van der Waals surface area contributed by atoms with Crippen molar-refractivity contribution in [1.29, 1.82) is 0 Å². The number of nitrogens with zero attached hydrogens (tertiary/aromatic N) is 1. The Labute approximate surface area is 168 Å². The van der Waals surface area contributed by atoms with Gasteiger partial charge in [-0.25, -0.2) is 4.79 Å². The van der Waals surface area contributed by atoms with Crippen molar-refractivity contribution in [1.82, 2.24) is 0 Å². The summed E-state index contributed by atoms with van der Waals surface area (Å²) in [6.07, 6.45) is 7.14. The van der Waals surface area contributed by atoms with Crippen LogP contribution in [0, 0.1) is 0 Å². The Morgan fingerprint density at radius 2 is 1.86 bits per heavy atom. The zero-order chi connectivity index (χ0) is 19.7. The van der Waals surface area contributed by atoms with Crippen LogP contribution in [0.25, 0.3) is 0 Å². The van der Waals surface area contributed by atoms with E-state index in [1.54, 1.807) is 30.1 Å². The number of hydrogen-bond donors (Lipinski definition) is 0. The third kappa shape index (κ3) is 3.74. The molecule has 0 saturated heterocycles. The van der Waals surface area contributed by atoms with Crippen LogP contribution >= 0.6 is 11.3 Å². The van der Waals surface area contributed by atoms with E-state index in [1.807, 2.05) is 6.07 Å². The molecule has 1 aromatic heterocycles. The third-order valence-corrected chi connectivity index (χ3v) is 6.73. The second kappa shape index (κ2) is 7.87. The van der Waals surface area contributed by atoms with Crippen LogP contribution in [0.4, 0.5) is 5.69 Å². The van der Waals surface area contributed by atoms with E-state index in [1.165, 1.54) is 34.6 Å². The topological polar surface area (TPSA) is 63.7 Å². The Morgan fingerprint density at radius 3 is 2.68 bits per heavy atom. The summed E-state index contributed by atoms with van der Waals surface area (Å²) in [6, 6.07) is 7.12. The molecule has 0 fully saturated rings. The lowest BCUT2D eigenvalue weighted by atomic mass is 10.00. The number of rotatable bonds is 4. The molecule has 0 N–H and O–H groups in total. The summed E-state index contributed by atoms with van der Waals surface area (Å²) in [5.41, 5.74) is 3.39. The molecule has 0 radical (unpaired) electrons. The molecule has 1 aliphatic heterocycles. The number of likely N-dealkylation sites (N-methyl/N-ethyl adjacent to an activating group) is 1. The van der Waals surface area contributed by atoms with Crippen molar-refractivity contribution < 1.29 is 19.1 Å². The van der Waals surface area contributed by atoms with Crippen molar-refractivity contribution in [3.63, 3.8) is 0 Å². The smallest absolute Gasteiger partial charge is 0.348 e. The van der Waals surface area contributed by atoms with E-state index in [4.69, 9.17) is 4.74 Å². The Hall–Kier alpha value is -2.47. The average molecular weight is 397 g/mol. The van der Waals surface area contributed by atoms with E-state index in [0.717, 1.165) is 36.9 Å². The van der Waals surface area contributed by atoms with Crippen LogP contribution in [-0.2, 0) is 28.8 Å². The quantitative estimate of drug-likeness (QED) is 0.579. The SMILES string of the molecule is CN1C(=O)Cc2cc(C(=O)COC(=O)c3cc4c(s3)CCCCCC4)ccc21. The Balaban J connectivity index is 1.40. The van der Waals surface area contributed by atoms with Crippen LogP contribution in [0.3, 0.4) is 0 Å². The molecule has 0 bridgehead atoms. The summed E-state index contributed by atoms with van der Waals surface area (Å²) in [7, 11) is 1.72. The van der Waals surface area contributed by atoms with E-state index in [0.29, 0.717) is 16.9 Å². The monoisotopic (exact) mass is 397 g/mol. The van der Waals surface area contributed by atoms with Crippen LogP contribution in [0.1, 0.15) is 61.7 Å². The summed E-state index contributed by atoms with van der Waals surface area (Å²) in [6.45, 7) is -0.288. The fourth-order valence-electron chi connectivity index (χ4n) is 3.87. The predicted octanol–water partition coefficient (Wildman–Crippen LogP) is 3.97. The van der Waals surface area contributed by atoms with Crippen molar-refractivity contribution in [3.8, 4) is 0 Å². The molecule has 2 aromatic rings. The number of fused-ring (bicyclic) bond motifs is 2. The number of ketones is 1. The molecule has 0 atom stereocenters. The molecule has 1 aliphatic carbocycles. The van der Waals surface area contributed by atoms with Crippen LogP contribution < -0.4 is 4.90 Å². The number of carbonyl (C=O) groups excluding carboxylic acids is 3. The number of ether oxygens (including phenoxy) is 1. The first-order chi connectivity index (χ1) is 13.5. The second-order valence-electron chi connectivity index (χ2n) is 7.45. The number of esters is 1. The molecular weight excluding hydrogens is 374 g/mol. The van der Waals surface area contributed by atoms with Gasteiger partial charge >= 0.3 is 5.97 Å². The maximum Gasteiger partial charge on any atom is 0.348 e. The molecule has 0 saturated carbocycles. The number of hydrogen-bond acceptors (Lipinski definition) is 5. The molecule has 2 heterocycles. The van der Waals surface area contributed by atoms with Crippen molar-refractivity contribution in [2.75, 3.05) is 18.6 Å². The van der Waals surface area contributed by atoms with Gasteiger partial charge in [-0.1, -0.05) is 12.8 Å². The van der Waals surface area contributed by atoms with Gasteiger partial charge in [0.05, 0.1) is 6.42 Å². The summed E-state index contributed by atoms with van der Waals surface area (Å²) in [5.74, 6) is -0.673. The van der Waals surface area contributed by atoms with Crippen molar-refractivity contribution in [3.05, 3.63) is 50.7 Å². The zero-order valence-electron chi connectivity index (χ0n) is 16.0. The molecule has 6 heteroatoms. The van der Waals surface area contributed by atoms with Gasteiger partial charge in [0.2, 0.25) is 5.91 Å². The zero-order valence-corrected chi connectivity index (χ0v) is 16.8. The Morgan fingerprint density at radius 1 is 1.07 bits per heavy atom. The number of anilines is 1. The van der Waals surface area contributed by atoms with Gasteiger partial charge in [-0.3, -0.25) is 9.59 Å². The summed E-state index contributed by atoms with van der Waals surface area (Å²) < 4.78 is 5.29. The van der Waals surface area contributed by atoms with Crippen molar-refractivity contribution in [2.45, 2.75) is 44.9 Å². The number of benzene rings is 1. The molecule has 2 aliphatic rings. The van der Waals surface area contributed by atoms with Crippen LogP contribution in [0.2, 0.25) is 0 Å². The van der Waals surface area contributed by atoms with E-state index >= 15 is 0 Å². The van der Waals surface area contributed by atoms with Crippen molar-refractivity contribution in [2.24, 2.45) is 0 Å². The second-order valence-corrected chi connectivity index (χ2v) is 8.58. The molecule has 0 spiro atoms. The number of amides is 1. The van der Waals surface area contributed by atoms with Crippen LogP contribution in [-0.4, -0.2) is 31.3 Å². The fourth-order valence-corrected chi connectivity index (χ4v) is 5.02. The number of thiophene rings is 1. The van der Waals surface area contributed by atoms with Gasteiger partial charge in [0.1, 0.15) is 4.88 Å². The first kappa shape index (κ1) is 18.9. The highest BCUT2D eigenvalue weighted by molar-refractivity contribution is 7.14. The van der Waals surface area contributed by atoms with Gasteiger partial charge in [0.25, 0.3) is 0 Å². The van der Waals surface area contributed by atoms with Gasteiger partial charge in [-0.2, -0.15) is 0 Å². The standard InChI is InChI=1S/C22H23NO4S/c1-23-17-9-8-14(10-16(17)12-21(23)25)18(24)13-27-22(26)20-11-15-6-4-2-3-5-7-19(15)28-20/h8-11H,2-7,12-13H2,1H3. The van der Waals surface area contributed by atoms with Gasteiger partial charge < -0.3 is 9.64 Å². The number of Topliss-reactive ketones (excluding diaryl/α,β-unsaturated/α-hetero) is 1. The van der Waals surface area contributed by atoms with Gasteiger partial charge in [-0.05, 0) is 61.1 Å². The molecule has 5 nitrogen and oxygen atoms in total. The summed E-state index contributed by atoms with van der Waals surface area (Å²) in [5, 5.41) is 0. The fraction of sp³-hybridized carbons (Fsp3) is 0.409. The van der Waals surface area contributed by atoms with E-state index < -0.39 is 5.97 Å². The minimum absolute atomic E-state index is 0.0132. The van der Waals surface area contributed by atoms with E-state index in [9.17, 15) is 14.4 Å². The largest absolute Gasteiger partial charge is 0.453 e. The predicted molar refractivity (Wildman–Crippen MR) is 108 cm³/mol. The molecule has 1 amide bonds. The third-order valence-electron chi connectivity index (χ3n) is 5.51. The molecule has 1 aromatic carbocycles. The maximum atomic E-state index is 12.5. The van der Waals surface area contributed by atoms with Gasteiger partial charge in [-0.15, -0.1) is 11.3 Å². The highest BCUT2D eigenvalue weighted by Gasteiger charge is 2.25. The molecular formula is C22H23NO4S. The molecule has 146 valence electrons. The lowest BCUT2D eigenvalue weighted by molar-refractivity contribution is -0.117. The van der Waals surface area contributed by atoms with Gasteiger partial charge in [0, 0.05) is 23.2 Å². The summed E-state index contributed by atoms with van der Waals surface area (Å²) in [4.78, 5) is 40.1. The average Bonchev–Trinajstić information content (AvgIpc) is 3.19. The first-order valence-electron chi connectivity index (χ1n) is 9.74. The highest BCUT2D eigenvalue weighted by atomic mass is 32.1. The Kier molecular flexibility index (Phi) is 5.31. The molecule has 28 heavy (non-hydrogen) atoms. The van der Waals surface area contributed by atoms with E-state index in [2.05, 4.69) is 0 Å². The summed E-state index contributed by atoms with van der Waals surface area (Å²) >= 11 is 1.50. The van der Waals surface area contributed by atoms with Crippen LogP contribution in [0.15, 0.2) is 24.3 Å². The number of aryl methyl sites for hydroxylation is 2.